The van der Waals surface area contributed by atoms with Crippen LogP contribution in [0.1, 0.15) is 24.1 Å². The van der Waals surface area contributed by atoms with Gasteiger partial charge in [-0.1, -0.05) is 11.3 Å². The van der Waals surface area contributed by atoms with Crippen LogP contribution in [0.2, 0.25) is 0 Å². The third kappa shape index (κ3) is 4.50. The lowest BCUT2D eigenvalue weighted by Crippen LogP contribution is -3.00. The molecular weight excluding hydrogens is 401 g/mol. The molecule has 2 heterocycles. The molecule has 1 saturated heterocycles. The number of nitrogens with zero attached hydrogens (tertiary/aromatic N) is 1. The van der Waals surface area contributed by atoms with Gasteiger partial charge in [0.15, 0.2) is 0 Å². The summed E-state index contributed by atoms with van der Waals surface area (Å²) in [5.74, 6) is -0.583. The molecule has 1 aromatic rings. The zero-order chi connectivity index (χ0) is 12.3. The van der Waals surface area contributed by atoms with Crippen molar-refractivity contribution in [2.45, 2.75) is 30.4 Å². The second-order valence-electron chi connectivity index (χ2n) is 4.04. The van der Waals surface area contributed by atoms with E-state index in [2.05, 4.69) is 11.5 Å². The highest BCUT2D eigenvalue weighted by Crippen LogP contribution is 2.27. The number of piperidine rings is 1. The van der Waals surface area contributed by atoms with Gasteiger partial charge in [-0.3, -0.25) is 4.79 Å². The molecule has 0 saturated carbocycles. The summed E-state index contributed by atoms with van der Waals surface area (Å²) in [6.45, 7) is 4.39. The molecule has 0 unspecified atom stereocenters. The molecule has 0 aliphatic carbocycles. The summed E-state index contributed by atoms with van der Waals surface area (Å²) in [6, 6.07) is 0. The Bertz CT molecular complexity index is 473. The third-order valence-electron chi connectivity index (χ3n) is 2.65. The Labute approximate surface area is 136 Å². The van der Waals surface area contributed by atoms with Crippen molar-refractivity contribution >= 4 is 40.4 Å². The fraction of sp³-hybridized carbons (Fsp3) is 0.636. The van der Waals surface area contributed by atoms with Gasteiger partial charge in [0.1, 0.15) is 13.1 Å². The molecule has 1 aliphatic heterocycles. The number of aryl methyl sites for hydroxylation is 1. The molecule has 2 rings (SSSR count). The molecule has 1 aliphatic rings. The predicted molar refractivity (Wildman–Crippen MR) is 74.1 cm³/mol. The highest BCUT2D eigenvalue weighted by Gasteiger charge is 2.16. The summed E-state index contributed by atoms with van der Waals surface area (Å²) in [6.07, 6.45) is 3.90. The van der Waals surface area contributed by atoms with Crippen molar-refractivity contribution in [3.8, 4) is 0 Å². The Morgan fingerprint density at radius 1 is 1.33 bits per heavy atom. The van der Waals surface area contributed by atoms with Gasteiger partial charge in [0.05, 0.1) is 9.96 Å². The van der Waals surface area contributed by atoms with E-state index in [0.717, 1.165) is 17.3 Å². The summed E-state index contributed by atoms with van der Waals surface area (Å²) in [7, 11) is 0. The van der Waals surface area contributed by atoms with E-state index in [4.69, 9.17) is 5.11 Å². The quantitative estimate of drug-likeness (QED) is 0.400. The van der Waals surface area contributed by atoms with Crippen LogP contribution in [0.5, 0.6) is 0 Å². The smallest absolute Gasteiger partial charge is 0.315 e. The van der Waals surface area contributed by atoms with E-state index in [-0.39, 0.29) is 29.7 Å². The summed E-state index contributed by atoms with van der Waals surface area (Å²) in [5.41, 5.74) is 0. The van der Waals surface area contributed by atoms with Crippen molar-refractivity contribution in [3.05, 3.63) is 8.86 Å². The van der Waals surface area contributed by atoms with Crippen LogP contribution in [-0.4, -0.2) is 29.9 Å². The molecule has 102 valence electrons. The molecule has 7 heteroatoms. The van der Waals surface area contributed by atoms with Gasteiger partial charge in [-0.2, -0.15) is 0 Å². The summed E-state index contributed by atoms with van der Waals surface area (Å²) in [5, 5.41) is 8.70. The second kappa shape index (κ2) is 7.86. The number of halogens is 1. The number of carbonyl (C=O) groups is 1. The fourth-order valence-electron chi connectivity index (χ4n) is 1.81. The number of carboxylic acids is 1. The van der Waals surface area contributed by atoms with Crippen LogP contribution in [0.15, 0.2) is 4.21 Å². The van der Waals surface area contributed by atoms with Gasteiger partial charge in [-0.15, -0.1) is 11.8 Å². The monoisotopic (exact) mass is 417 g/mol. The van der Waals surface area contributed by atoms with Crippen molar-refractivity contribution in [1.29, 1.82) is 0 Å². The molecule has 0 aromatic carbocycles. The van der Waals surface area contributed by atoms with Crippen molar-refractivity contribution in [3.63, 3.8) is 0 Å². The molecule has 1 N–H and O–H groups in total. The molecule has 3 nitrogen and oxygen atoms in total. The lowest BCUT2D eigenvalue weighted by molar-refractivity contribution is -0.133. The van der Waals surface area contributed by atoms with E-state index in [0.29, 0.717) is 0 Å². The molecule has 0 radical (unpaired) electrons. The van der Waals surface area contributed by atoms with Crippen LogP contribution in [0.25, 0.3) is 0 Å². The lowest BCUT2D eigenvalue weighted by Gasteiger charge is -2.07. The average molecular weight is 417 g/mol. The van der Waals surface area contributed by atoms with Crippen molar-refractivity contribution in [1.82, 2.24) is 4.58 Å². The molecule has 0 bridgehead atoms. The summed E-state index contributed by atoms with van der Waals surface area (Å²) >= 11 is 5.00. The number of aliphatic carboxylic acids is 1. The maximum Gasteiger partial charge on any atom is 0.315 e. The van der Waals surface area contributed by atoms with Gasteiger partial charge in [0.25, 0.3) is 0 Å². The van der Waals surface area contributed by atoms with Crippen LogP contribution in [0, 0.1) is 6.92 Å². The maximum absolute atomic E-state index is 10.6. The zero-order valence-electron chi connectivity index (χ0n) is 10.1. The molecule has 0 amide bonds. The van der Waals surface area contributed by atoms with E-state index in [1.165, 1.54) is 39.9 Å². The topological polar surface area (TPSA) is 40.3 Å². The minimum Gasteiger partial charge on any atom is -1.00 e. The first kappa shape index (κ1) is 16.5. The predicted octanol–water partition coefficient (Wildman–Crippen LogP) is -0.745. The van der Waals surface area contributed by atoms with Crippen LogP contribution in [0.3, 0.4) is 0 Å². The molecule has 1 aromatic heterocycles. The Morgan fingerprint density at radius 2 is 2.00 bits per heavy atom. The summed E-state index contributed by atoms with van der Waals surface area (Å²) < 4.78 is 4.95. The Hall–Kier alpha value is 0.400. The first-order chi connectivity index (χ1) is 8.16. The molecule has 0 atom stereocenters. The van der Waals surface area contributed by atoms with E-state index >= 15 is 0 Å². The lowest BCUT2D eigenvalue weighted by atomic mass is 10.2. The van der Waals surface area contributed by atoms with E-state index < -0.39 is 5.97 Å². The highest BCUT2D eigenvalue weighted by atomic mass is 127. The van der Waals surface area contributed by atoms with Crippen LogP contribution in [0.4, 0.5) is 0 Å². The largest absolute Gasteiger partial charge is 1.00 e. The fourth-order valence-corrected chi connectivity index (χ4v) is 5.69. The molecule has 18 heavy (non-hydrogen) atoms. The van der Waals surface area contributed by atoms with Crippen LogP contribution in [-0.2, 0) is 4.79 Å². The minimum atomic E-state index is -0.743. The van der Waals surface area contributed by atoms with E-state index in [1.54, 1.807) is 22.7 Å². The molecule has 0 spiro atoms. The number of thioether (sulfide) groups is 1. The zero-order valence-corrected chi connectivity index (χ0v) is 14.8. The van der Waals surface area contributed by atoms with Gasteiger partial charge in [0, 0.05) is 17.7 Å². The van der Waals surface area contributed by atoms with Crippen molar-refractivity contribution in [2.75, 3.05) is 18.8 Å². The second-order valence-corrected chi connectivity index (χ2v) is 7.75. The Kier molecular flexibility index (Phi) is 7.19. The van der Waals surface area contributed by atoms with Gasteiger partial charge in [-0.05, 0) is 24.7 Å². The minimum absolute atomic E-state index is 0. The number of hydrogen-bond acceptors (Lipinski definition) is 4. The van der Waals surface area contributed by atoms with E-state index in [9.17, 15) is 4.79 Å². The average Bonchev–Trinajstić information content (AvgIpc) is 2.69. The van der Waals surface area contributed by atoms with Crippen LogP contribution >= 0.6 is 34.4 Å². The Morgan fingerprint density at radius 3 is 2.61 bits per heavy atom. The van der Waals surface area contributed by atoms with E-state index in [1.807, 2.05) is 0 Å². The third-order valence-corrected chi connectivity index (χ3v) is 6.84. The standard InChI is InChI=1S/C11H15NO2S3.HI/c1-8-10(15-7-9(13)14)17-11(16-8)12-5-3-2-4-6-12;/h2-7H2,1H3;1H. The van der Waals surface area contributed by atoms with Gasteiger partial charge >= 0.3 is 9.95 Å². The van der Waals surface area contributed by atoms with Crippen molar-refractivity contribution in [2.24, 2.45) is 0 Å². The SMILES string of the molecule is Cc1sc(=[N+]2CCCCC2)sc1SCC(=O)O.[I-]. The van der Waals surface area contributed by atoms with Crippen molar-refractivity contribution < 1.29 is 33.9 Å². The number of rotatable bonds is 3. The first-order valence-electron chi connectivity index (χ1n) is 5.70. The molecular formula is C11H16INO2S3. The highest BCUT2D eigenvalue weighted by molar-refractivity contribution is 8.02. The van der Waals surface area contributed by atoms with Gasteiger partial charge < -0.3 is 29.1 Å². The number of carboxylic acid groups (broad SMARTS) is 1. The maximum atomic E-state index is 10.6. The van der Waals surface area contributed by atoms with Gasteiger partial charge in [0.2, 0.25) is 0 Å². The normalized spacial score (nSPS) is 15.3. The Balaban J connectivity index is 0.00000162. The van der Waals surface area contributed by atoms with Crippen LogP contribution < -0.4 is 32.5 Å². The first-order valence-corrected chi connectivity index (χ1v) is 8.32. The van der Waals surface area contributed by atoms with Gasteiger partial charge in [-0.25, -0.2) is 4.58 Å². The summed E-state index contributed by atoms with van der Waals surface area (Å²) in [4.78, 5) is 11.8. The molecule has 1 fully saturated rings. The number of hydrogen-bond donors (Lipinski definition) is 1.